The lowest BCUT2D eigenvalue weighted by Crippen LogP contribution is -1.93. The zero-order chi connectivity index (χ0) is 9.14. The van der Waals surface area contributed by atoms with Gasteiger partial charge in [-0.3, -0.25) is 0 Å². The zero-order valence-electron chi connectivity index (χ0n) is 5.94. The number of halogens is 3. The molecular formula is C8H4ClF2N. The fourth-order valence-corrected chi connectivity index (χ4v) is 1.11. The molecule has 1 aromatic carbocycles. The highest BCUT2D eigenvalue weighted by Crippen LogP contribution is 2.16. The van der Waals surface area contributed by atoms with Crippen LogP contribution in [-0.2, 0) is 5.88 Å². The van der Waals surface area contributed by atoms with Crippen LogP contribution in [0.4, 0.5) is 8.78 Å². The molecule has 0 bridgehead atoms. The first-order valence-electron chi connectivity index (χ1n) is 3.13. The van der Waals surface area contributed by atoms with E-state index in [1.54, 1.807) is 6.07 Å². The van der Waals surface area contributed by atoms with Crippen molar-refractivity contribution in [3.05, 3.63) is 34.9 Å². The topological polar surface area (TPSA) is 23.8 Å². The van der Waals surface area contributed by atoms with Gasteiger partial charge in [-0.25, -0.2) is 8.78 Å². The number of hydrogen-bond donors (Lipinski definition) is 0. The van der Waals surface area contributed by atoms with Crippen molar-refractivity contribution in [3.8, 4) is 6.07 Å². The first-order valence-corrected chi connectivity index (χ1v) is 3.66. The summed E-state index contributed by atoms with van der Waals surface area (Å²) in [4.78, 5) is 0. The van der Waals surface area contributed by atoms with Crippen LogP contribution >= 0.6 is 11.6 Å². The predicted octanol–water partition coefficient (Wildman–Crippen LogP) is 2.58. The molecule has 62 valence electrons. The van der Waals surface area contributed by atoms with Crippen LogP contribution in [0.1, 0.15) is 11.1 Å². The Bertz CT molecular complexity index is 344. The van der Waals surface area contributed by atoms with Crippen LogP contribution in [0.3, 0.4) is 0 Å². The lowest BCUT2D eigenvalue weighted by atomic mass is 10.1. The van der Waals surface area contributed by atoms with Gasteiger partial charge in [-0.2, -0.15) is 5.26 Å². The van der Waals surface area contributed by atoms with Gasteiger partial charge in [0.05, 0.1) is 17.5 Å². The van der Waals surface area contributed by atoms with E-state index in [1.807, 2.05) is 0 Å². The molecule has 1 aromatic rings. The van der Waals surface area contributed by atoms with Crippen molar-refractivity contribution in [2.75, 3.05) is 0 Å². The van der Waals surface area contributed by atoms with Crippen LogP contribution in [0.25, 0.3) is 0 Å². The molecular weight excluding hydrogens is 184 g/mol. The van der Waals surface area contributed by atoms with Gasteiger partial charge in [0.15, 0.2) is 0 Å². The van der Waals surface area contributed by atoms with Crippen LogP contribution in [0.15, 0.2) is 12.1 Å². The predicted molar refractivity (Wildman–Crippen MR) is 40.6 cm³/mol. The number of alkyl halides is 1. The quantitative estimate of drug-likeness (QED) is 0.620. The van der Waals surface area contributed by atoms with Gasteiger partial charge in [0.2, 0.25) is 0 Å². The molecule has 0 unspecified atom stereocenters. The molecule has 4 heteroatoms. The maximum atomic E-state index is 12.8. The summed E-state index contributed by atoms with van der Waals surface area (Å²) in [5.74, 6) is -1.67. The van der Waals surface area contributed by atoms with E-state index in [0.29, 0.717) is 6.07 Å². The minimum absolute atomic E-state index is 0.0422. The van der Waals surface area contributed by atoms with Crippen molar-refractivity contribution in [2.45, 2.75) is 5.88 Å². The Hall–Kier alpha value is -1.14. The molecule has 0 saturated heterocycles. The third-order valence-corrected chi connectivity index (χ3v) is 1.68. The molecule has 0 spiro atoms. The van der Waals surface area contributed by atoms with E-state index in [2.05, 4.69) is 0 Å². The zero-order valence-corrected chi connectivity index (χ0v) is 6.70. The fourth-order valence-electron chi connectivity index (χ4n) is 0.839. The first kappa shape index (κ1) is 8.95. The molecule has 1 rings (SSSR count). The Kier molecular flexibility index (Phi) is 2.61. The molecule has 0 heterocycles. The monoisotopic (exact) mass is 187 g/mol. The number of nitriles is 1. The third-order valence-electron chi connectivity index (χ3n) is 1.41. The van der Waals surface area contributed by atoms with Crippen LogP contribution < -0.4 is 0 Å². The van der Waals surface area contributed by atoms with Gasteiger partial charge in [0.1, 0.15) is 11.6 Å². The van der Waals surface area contributed by atoms with Crippen molar-refractivity contribution in [2.24, 2.45) is 0 Å². The second-order valence-electron chi connectivity index (χ2n) is 2.16. The second kappa shape index (κ2) is 3.51. The average Bonchev–Trinajstić information content (AvgIpc) is 2.03. The molecule has 1 nitrogen and oxygen atoms in total. The molecule has 0 aliphatic rings. The minimum Gasteiger partial charge on any atom is -0.207 e. The number of benzene rings is 1. The highest BCUT2D eigenvalue weighted by Gasteiger charge is 2.09. The largest absolute Gasteiger partial charge is 0.207 e. The smallest absolute Gasteiger partial charge is 0.131 e. The Morgan fingerprint density at radius 1 is 1.42 bits per heavy atom. The van der Waals surface area contributed by atoms with Crippen molar-refractivity contribution in [1.29, 1.82) is 5.26 Å². The Balaban J connectivity index is 3.36. The molecule has 12 heavy (non-hydrogen) atoms. The van der Waals surface area contributed by atoms with Crippen LogP contribution in [0.5, 0.6) is 0 Å². The van der Waals surface area contributed by atoms with Gasteiger partial charge in [-0.15, -0.1) is 11.6 Å². The van der Waals surface area contributed by atoms with Crippen molar-refractivity contribution in [3.63, 3.8) is 0 Å². The number of rotatable bonds is 1. The highest BCUT2D eigenvalue weighted by atomic mass is 35.5. The molecule has 0 aliphatic carbocycles. The highest BCUT2D eigenvalue weighted by molar-refractivity contribution is 6.17. The van der Waals surface area contributed by atoms with Crippen LogP contribution in [0.2, 0.25) is 0 Å². The van der Waals surface area contributed by atoms with Gasteiger partial charge in [-0.05, 0) is 6.07 Å². The third kappa shape index (κ3) is 1.54. The van der Waals surface area contributed by atoms with E-state index >= 15 is 0 Å². The Morgan fingerprint density at radius 3 is 2.58 bits per heavy atom. The summed E-state index contributed by atoms with van der Waals surface area (Å²) in [6.45, 7) is 0. The molecule has 0 amide bonds. The van der Waals surface area contributed by atoms with E-state index in [9.17, 15) is 8.78 Å². The lowest BCUT2D eigenvalue weighted by molar-refractivity contribution is 0.575. The molecule has 0 aliphatic heterocycles. The first-order chi connectivity index (χ1) is 5.69. The van der Waals surface area contributed by atoms with E-state index in [1.165, 1.54) is 0 Å². The molecule has 0 radical (unpaired) electrons. The fraction of sp³-hybridized carbons (Fsp3) is 0.125. The molecule has 0 saturated carbocycles. The maximum absolute atomic E-state index is 12.8. The molecule has 0 N–H and O–H groups in total. The molecule has 0 fully saturated rings. The second-order valence-corrected chi connectivity index (χ2v) is 2.43. The maximum Gasteiger partial charge on any atom is 0.131 e. The van der Waals surface area contributed by atoms with Gasteiger partial charge in [0.25, 0.3) is 0 Å². The van der Waals surface area contributed by atoms with Crippen LogP contribution in [0, 0.1) is 23.0 Å². The van der Waals surface area contributed by atoms with E-state index < -0.39 is 11.6 Å². The summed E-state index contributed by atoms with van der Waals surface area (Å²) in [6, 6.07) is 3.33. The van der Waals surface area contributed by atoms with Gasteiger partial charge in [0, 0.05) is 11.6 Å². The average molecular weight is 188 g/mol. The summed E-state index contributed by atoms with van der Waals surface area (Å²) in [6.07, 6.45) is 0. The normalized spacial score (nSPS) is 9.50. The summed E-state index contributed by atoms with van der Waals surface area (Å²) >= 11 is 5.35. The van der Waals surface area contributed by atoms with Crippen LogP contribution in [-0.4, -0.2) is 0 Å². The number of hydrogen-bond acceptors (Lipinski definition) is 1. The Labute approximate surface area is 73.2 Å². The van der Waals surface area contributed by atoms with Gasteiger partial charge < -0.3 is 0 Å². The summed E-state index contributed by atoms with van der Waals surface area (Å²) in [5, 5.41) is 8.46. The van der Waals surface area contributed by atoms with Gasteiger partial charge in [-0.1, -0.05) is 0 Å². The van der Waals surface area contributed by atoms with Crippen molar-refractivity contribution >= 4 is 11.6 Å². The van der Waals surface area contributed by atoms with Crippen molar-refractivity contribution < 1.29 is 8.78 Å². The van der Waals surface area contributed by atoms with E-state index in [-0.39, 0.29) is 17.0 Å². The lowest BCUT2D eigenvalue weighted by Gasteiger charge is -2.00. The molecule has 0 atom stereocenters. The Morgan fingerprint density at radius 2 is 2.08 bits per heavy atom. The minimum atomic E-state index is -0.776. The summed E-state index contributed by atoms with van der Waals surface area (Å²) in [7, 11) is 0. The number of nitrogens with zero attached hydrogens (tertiary/aromatic N) is 1. The van der Waals surface area contributed by atoms with E-state index in [0.717, 1.165) is 6.07 Å². The molecule has 0 aromatic heterocycles. The van der Waals surface area contributed by atoms with Crippen molar-refractivity contribution in [1.82, 2.24) is 0 Å². The summed E-state index contributed by atoms with van der Waals surface area (Å²) < 4.78 is 25.3. The summed E-state index contributed by atoms with van der Waals surface area (Å²) in [5.41, 5.74) is -0.0110. The van der Waals surface area contributed by atoms with Gasteiger partial charge >= 0.3 is 0 Å². The van der Waals surface area contributed by atoms with E-state index in [4.69, 9.17) is 16.9 Å². The SMILES string of the molecule is N#Cc1cc(F)cc(F)c1CCl. The standard InChI is InChI=1S/C8H4ClF2N/c9-3-7-5(4-12)1-6(10)2-8(7)11/h1-2H,3H2.